The first-order valence-electron chi connectivity index (χ1n) is 10.5. The molecule has 1 aromatic rings. The number of sulfonamides is 1. The van der Waals surface area contributed by atoms with Crippen molar-refractivity contribution >= 4 is 21.6 Å². The summed E-state index contributed by atoms with van der Waals surface area (Å²) < 4.78 is 24.5. The van der Waals surface area contributed by atoms with Crippen molar-refractivity contribution in [3.05, 3.63) is 29.8 Å². The van der Waals surface area contributed by atoms with Crippen LogP contribution in [-0.2, 0) is 21.2 Å². The average Bonchev–Trinajstić information content (AvgIpc) is 2.65. The summed E-state index contributed by atoms with van der Waals surface area (Å²) in [7, 11) is -3.15. The largest absolute Gasteiger partial charge is 0.299 e. The predicted molar refractivity (Wildman–Crippen MR) is 117 cm³/mol. The Kier molecular flexibility index (Phi) is 12.6. The molecule has 1 amide bonds. The molecule has 28 heavy (non-hydrogen) atoms. The molecule has 0 fully saturated rings. The van der Waals surface area contributed by atoms with Crippen LogP contribution in [0.3, 0.4) is 0 Å². The Labute approximate surface area is 170 Å². The second-order valence-electron chi connectivity index (χ2n) is 7.37. The van der Waals surface area contributed by atoms with E-state index in [1.807, 2.05) is 24.3 Å². The number of carbonyl (C=O) groups is 1. The fraction of sp³-hybridized carbons (Fsp3) is 0.667. The highest BCUT2D eigenvalue weighted by molar-refractivity contribution is 7.88. The third kappa shape index (κ3) is 13.6. The highest BCUT2D eigenvalue weighted by Gasteiger charge is 2.02. The second-order valence-corrected chi connectivity index (χ2v) is 9.20. The zero-order chi connectivity index (χ0) is 20.7. The van der Waals surface area contributed by atoms with E-state index >= 15 is 0 Å². The summed E-state index contributed by atoms with van der Waals surface area (Å²) in [6.45, 7) is 2.61. The third-order valence-electron chi connectivity index (χ3n) is 4.59. The molecule has 0 atom stereocenters. The topological polar surface area (TPSA) is 87.3 Å². The number of rotatable bonds is 16. The van der Waals surface area contributed by atoms with Gasteiger partial charge in [0.05, 0.1) is 11.9 Å². The van der Waals surface area contributed by atoms with Crippen molar-refractivity contribution in [2.75, 3.05) is 18.2 Å². The molecular weight excluding hydrogens is 374 g/mol. The van der Waals surface area contributed by atoms with Gasteiger partial charge in [0.2, 0.25) is 15.9 Å². The first-order valence-corrected chi connectivity index (χ1v) is 12.4. The number of benzene rings is 1. The van der Waals surface area contributed by atoms with Crippen LogP contribution in [0.5, 0.6) is 0 Å². The van der Waals surface area contributed by atoms with Crippen molar-refractivity contribution in [2.45, 2.75) is 77.6 Å². The molecular formula is C21H37N3O3S. The summed E-state index contributed by atoms with van der Waals surface area (Å²) in [6, 6.07) is 7.57. The standard InChI is InChI=1S/C21H37N3O3S/c1-3-4-5-6-7-8-9-10-11-12-21(25)24-23-20-15-13-19(14-16-20)17-18-22-28(2,26)27/h13-16,22-23H,3-12,17-18H2,1-2H3,(H,24,25). The minimum Gasteiger partial charge on any atom is -0.299 e. The number of anilines is 1. The van der Waals surface area contributed by atoms with Gasteiger partial charge in [-0.2, -0.15) is 0 Å². The number of hydrogen-bond donors (Lipinski definition) is 3. The maximum Gasteiger partial charge on any atom is 0.238 e. The van der Waals surface area contributed by atoms with Gasteiger partial charge in [0.15, 0.2) is 0 Å². The first-order chi connectivity index (χ1) is 13.4. The van der Waals surface area contributed by atoms with Crippen LogP contribution in [0.1, 0.15) is 76.7 Å². The summed E-state index contributed by atoms with van der Waals surface area (Å²) in [5, 5.41) is 0. The molecule has 3 N–H and O–H groups in total. The van der Waals surface area contributed by atoms with Crippen LogP contribution in [0, 0.1) is 0 Å². The lowest BCUT2D eigenvalue weighted by molar-refractivity contribution is -0.120. The van der Waals surface area contributed by atoms with Crippen molar-refractivity contribution in [2.24, 2.45) is 0 Å². The van der Waals surface area contributed by atoms with Crippen molar-refractivity contribution in [3.8, 4) is 0 Å². The maximum atomic E-state index is 11.9. The number of carbonyl (C=O) groups excluding carboxylic acids is 1. The Balaban J connectivity index is 2.08. The summed E-state index contributed by atoms with van der Waals surface area (Å²) in [5.74, 6) is 0.00405. The van der Waals surface area contributed by atoms with Gasteiger partial charge in [-0.3, -0.25) is 15.6 Å². The van der Waals surface area contributed by atoms with Crippen LogP contribution in [-0.4, -0.2) is 27.1 Å². The highest BCUT2D eigenvalue weighted by Crippen LogP contribution is 2.11. The Morgan fingerprint density at radius 2 is 1.46 bits per heavy atom. The lowest BCUT2D eigenvalue weighted by Crippen LogP contribution is -2.29. The number of hydrazine groups is 1. The fourth-order valence-corrected chi connectivity index (χ4v) is 3.41. The Bertz CT molecular complexity index is 645. The molecule has 0 bridgehead atoms. The van der Waals surface area contributed by atoms with E-state index in [9.17, 15) is 13.2 Å². The maximum absolute atomic E-state index is 11.9. The van der Waals surface area contributed by atoms with E-state index in [1.54, 1.807) is 0 Å². The minimum absolute atomic E-state index is 0.00405. The van der Waals surface area contributed by atoms with Crippen molar-refractivity contribution in [3.63, 3.8) is 0 Å². The van der Waals surface area contributed by atoms with Gasteiger partial charge in [0.25, 0.3) is 0 Å². The molecule has 160 valence electrons. The molecule has 0 saturated heterocycles. The summed E-state index contributed by atoms with van der Waals surface area (Å²) in [6.07, 6.45) is 13.5. The van der Waals surface area contributed by atoms with Crippen LogP contribution in [0.25, 0.3) is 0 Å². The molecule has 1 rings (SSSR count). The fourth-order valence-electron chi connectivity index (χ4n) is 2.94. The van der Waals surface area contributed by atoms with E-state index in [1.165, 1.54) is 44.9 Å². The minimum atomic E-state index is -3.15. The van der Waals surface area contributed by atoms with Gasteiger partial charge in [-0.1, -0.05) is 70.4 Å². The number of unbranched alkanes of at least 4 members (excludes halogenated alkanes) is 8. The van der Waals surface area contributed by atoms with E-state index in [0.29, 0.717) is 19.4 Å². The second kappa shape index (κ2) is 14.4. The van der Waals surface area contributed by atoms with Crippen LogP contribution < -0.4 is 15.6 Å². The average molecular weight is 412 g/mol. The van der Waals surface area contributed by atoms with Crippen LogP contribution in [0.15, 0.2) is 24.3 Å². The lowest BCUT2D eigenvalue weighted by atomic mass is 10.1. The predicted octanol–water partition coefficient (Wildman–Crippen LogP) is 4.14. The smallest absolute Gasteiger partial charge is 0.238 e. The quantitative estimate of drug-likeness (QED) is 0.282. The molecule has 6 nitrogen and oxygen atoms in total. The molecule has 0 heterocycles. The molecule has 7 heteroatoms. The normalized spacial score (nSPS) is 11.4. The van der Waals surface area contributed by atoms with E-state index in [-0.39, 0.29) is 5.91 Å². The zero-order valence-electron chi connectivity index (χ0n) is 17.4. The van der Waals surface area contributed by atoms with Crippen molar-refractivity contribution in [1.29, 1.82) is 0 Å². The molecule has 0 radical (unpaired) electrons. The molecule has 0 aliphatic rings. The van der Waals surface area contributed by atoms with E-state index in [0.717, 1.165) is 30.3 Å². The molecule has 0 aliphatic heterocycles. The first kappa shape index (κ1) is 24.4. The van der Waals surface area contributed by atoms with Gasteiger partial charge in [-0.05, 0) is 30.5 Å². The van der Waals surface area contributed by atoms with Crippen LogP contribution >= 0.6 is 0 Å². The molecule has 0 unspecified atom stereocenters. The zero-order valence-corrected chi connectivity index (χ0v) is 18.2. The molecule has 0 saturated carbocycles. The van der Waals surface area contributed by atoms with Gasteiger partial charge in [-0.15, -0.1) is 0 Å². The lowest BCUT2D eigenvalue weighted by Gasteiger charge is -2.09. The number of amides is 1. The Morgan fingerprint density at radius 1 is 0.893 bits per heavy atom. The molecule has 1 aromatic carbocycles. The number of hydrogen-bond acceptors (Lipinski definition) is 4. The van der Waals surface area contributed by atoms with Gasteiger partial charge < -0.3 is 0 Å². The summed E-state index contributed by atoms with van der Waals surface area (Å²) in [5.41, 5.74) is 7.48. The van der Waals surface area contributed by atoms with Gasteiger partial charge in [0, 0.05) is 13.0 Å². The monoisotopic (exact) mass is 411 g/mol. The van der Waals surface area contributed by atoms with Crippen LogP contribution in [0.4, 0.5) is 5.69 Å². The molecule has 0 spiro atoms. The van der Waals surface area contributed by atoms with Crippen LogP contribution in [0.2, 0.25) is 0 Å². The van der Waals surface area contributed by atoms with E-state index in [2.05, 4.69) is 22.5 Å². The number of nitrogens with one attached hydrogen (secondary N) is 3. The SMILES string of the molecule is CCCCCCCCCCCC(=O)NNc1ccc(CCNS(C)(=O)=O)cc1. The van der Waals surface area contributed by atoms with Gasteiger partial charge in [0.1, 0.15) is 0 Å². The Hall–Kier alpha value is -1.60. The van der Waals surface area contributed by atoms with Gasteiger partial charge in [-0.25, -0.2) is 13.1 Å². The van der Waals surface area contributed by atoms with Crippen molar-refractivity contribution in [1.82, 2.24) is 10.1 Å². The highest BCUT2D eigenvalue weighted by atomic mass is 32.2. The summed E-state index contributed by atoms with van der Waals surface area (Å²) in [4.78, 5) is 11.9. The van der Waals surface area contributed by atoms with Gasteiger partial charge >= 0.3 is 0 Å². The third-order valence-corrected chi connectivity index (χ3v) is 5.31. The van der Waals surface area contributed by atoms with Crippen molar-refractivity contribution < 1.29 is 13.2 Å². The molecule has 0 aliphatic carbocycles. The van der Waals surface area contributed by atoms with E-state index < -0.39 is 10.0 Å². The Morgan fingerprint density at radius 3 is 2.04 bits per heavy atom. The molecule has 0 aromatic heterocycles. The summed E-state index contributed by atoms with van der Waals surface area (Å²) >= 11 is 0. The van der Waals surface area contributed by atoms with E-state index in [4.69, 9.17) is 0 Å².